The molecule has 0 saturated heterocycles. The highest BCUT2D eigenvalue weighted by Gasteiger charge is 2.20. The van der Waals surface area contributed by atoms with Crippen molar-refractivity contribution in [2.45, 2.75) is 45.1 Å². The Kier molecular flexibility index (Phi) is 12.2. The molecule has 1 saturated carbocycles. The van der Waals surface area contributed by atoms with E-state index >= 15 is 0 Å². The number of hydrogen-bond donors (Lipinski definition) is 2. The third-order valence-electron chi connectivity index (χ3n) is 4.13. The van der Waals surface area contributed by atoms with Crippen molar-refractivity contribution in [2.75, 3.05) is 38.8 Å². The second-order valence-electron chi connectivity index (χ2n) is 6.01. The monoisotopic (exact) mass is 461 g/mol. The van der Waals surface area contributed by atoms with Crippen LogP contribution in [0.5, 0.6) is 0 Å². The molecule has 1 aliphatic rings. The summed E-state index contributed by atoms with van der Waals surface area (Å²) < 4.78 is 27.2. The van der Waals surface area contributed by atoms with Crippen molar-refractivity contribution >= 4 is 39.8 Å². The number of halogens is 1. The van der Waals surface area contributed by atoms with E-state index in [9.17, 15) is 8.42 Å². The van der Waals surface area contributed by atoms with Crippen molar-refractivity contribution in [3.05, 3.63) is 0 Å². The first-order valence-electron chi connectivity index (χ1n) is 8.17. The molecule has 0 amide bonds. The van der Waals surface area contributed by atoms with Gasteiger partial charge in [0.05, 0.1) is 19.0 Å². The molecule has 1 aliphatic carbocycles. The van der Waals surface area contributed by atoms with E-state index in [-0.39, 0.29) is 36.3 Å². The molecule has 0 aromatic heterocycles. The number of aliphatic imine (C=N–C) groups is 1. The molecule has 0 heterocycles. The van der Waals surface area contributed by atoms with Gasteiger partial charge in [-0.2, -0.15) is 0 Å². The lowest BCUT2D eigenvalue weighted by Crippen LogP contribution is -2.45. The highest BCUT2D eigenvalue weighted by molar-refractivity contribution is 14.0. The first kappa shape index (κ1) is 22.9. The number of hydrogen-bond acceptors (Lipinski definition) is 4. The summed E-state index contributed by atoms with van der Waals surface area (Å²) in [6.45, 7) is 3.60. The molecule has 138 valence electrons. The summed E-state index contributed by atoms with van der Waals surface area (Å²) in [5.41, 5.74) is 0. The Morgan fingerprint density at radius 2 is 1.87 bits per heavy atom. The Morgan fingerprint density at radius 1 is 1.22 bits per heavy atom. The molecule has 2 N–H and O–H groups in total. The van der Waals surface area contributed by atoms with Gasteiger partial charge < -0.3 is 15.4 Å². The van der Waals surface area contributed by atoms with Crippen LogP contribution in [0.4, 0.5) is 0 Å². The first-order valence-corrected chi connectivity index (χ1v) is 10.2. The van der Waals surface area contributed by atoms with Gasteiger partial charge in [-0.05, 0) is 31.6 Å². The highest BCUT2D eigenvalue weighted by Crippen LogP contribution is 2.26. The van der Waals surface area contributed by atoms with Gasteiger partial charge in [0.2, 0.25) is 0 Å². The van der Waals surface area contributed by atoms with Crippen LogP contribution in [0.3, 0.4) is 0 Å². The van der Waals surface area contributed by atoms with E-state index < -0.39 is 9.84 Å². The predicted molar refractivity (Wildman–Crippen MR) is 106 cm³/mol. The summed E-state index contributed by atoms with van der Waals surface area (Å²) in [6, 6.07) is 0.500. The number of rotatable bonds is 8. The van der Waals surface area contributed by atoms with Crippen molar-refractivity contribution in [3.8, 4) is 0 Å². The average Bonchev–Trinajstić information content (AvgIpc) is 2.49. The first-order chi connectivity index (χ1) is 10.4. The fourth-order valence-corrected chi connectivity index (χ4v) is 3.08. The fourth-order valence-electron chi connectivity index (χ4n) is 2.66. The minimum Gasteiger partial charge on any atom is -0.379 e. The quantitative estimate of drug-likeness (QED) is 0.250. The minimum absolute atomic E-state index is 0. The van der Waals surface area contributed by atoms with E-state index in [1.54, 1.807) is 7.05 Å². The number of ether oxygens (including phenoxy) is 1. The Hall–Kier alpha value is -0.0900. The molecule has 0 aliphatic heterocycles. The van der Waals surface area contributed by atoms with Crippen molar-refractivity contribution in [3.63, 3.8) is 0 Å². The molecule has 0 spiro atoms. The van der Waals surface area contributed by atoms with E-state index in [1.807, 2.05) is 0 Å². The molecule has 0 aromatic carbocycles. The topological polar surface area (TPSA) is 79.8 Å². The number of nitrogens with one attached hydrogen (secondary N) is 2. The standard InChI is InChI=1S/C15H31N3O3S.HI/c1-4-13-5-7-14(8-6-13)18-15(16-2)17-9-10-21-11-12-22(3,19)20;/h13-14H,4-12H2,1-3H3,(H2,16,17,18);1H. The Labute approximate surface area is 158 Å². The van der Waals surface area contributed by atoms with Gasteiger partial charge >= 0.3 is 0 Å². The van der Waals surface area contributed by atoms with Gasteiger partial charge in [-0.1, -0.05) is 13.3 Å². The smallest absolute Gasteiger partial charge is 0.191 e. The van der Waals surface area contributed by atoms with E-state index in [2.05, 4.69) is 22.5 Å². The normalized spacial score (nSPS) is 22.3. The van der Waals surface area contributed by atoms with Gasteiger partial charge in [0.25, 0.3) is 0 Å². The summed E-state index contributed by atoms with van der Waals surface area (Å²) in [7, 11) is -1.18. The zero-order valence-electron chi connectivity index (χ0n) is 14.5. The van der Waals surface area contributed by atoms with Crippen LogP contribution in [0, 0.1) is 5.92 Å². The summed E-state index contributed by atoms with van der Waals surface area (Å²) >= 11 is 0. The van der Waals surface area contributed by atoms with Crippen molar-refractivity contribution in [1.29, 1.82) is 0 Å². The van der Waals surface area contributed by atoms with Crippen LogP contribution in [0.2, 0.25) is 0 Å². The molecule has 0 radical (unpaired) electrons. The van der Waals surface area contributed by atoms with Gasteiger partial charge in [0.15, 0.2) is 5.96 Å². The van der Waals surface area contributed by atoms with Gasteiger partial charge in [0.1, 0.15) is 9.84 Å². The summed E-state index contributed by atoms with van der Waals surface area (Å²) in [5.74, 6) is 1.75. The number of sulfone groups is 1. The second-order valence-corrected chi connectivity index (χ2v) is 8.27. The Balaban J connectivity index is 0.00000484. The van der Waals surface area contributed by atoms with Crippen LogP contribution in [-0.4, -0.2) is 59.2 Å². The van der Waals surface area contributed by atoms with Crippen molar-refractivity contribution < 1.29 is 13.2 Å². The largest absolute Gasteiger partial charge is 0.379 e. The van der Waals surface area contributed by atoms with Crippen LogP contribution in [0.25, 0.3) is 0 Å². The molecule has 0 bridgehead atoms. The zero-order valence-corrected chi connectivity index (χ0v) is 17.7. The fraction of sp³-hybridized carbons (Fsp3) is 0.933. The van der Waals surface area contributed by atoms with E-state index in [0.717, 1.165) is 11.9 Å². The van der Waals surface area contributed by atoms with E-state index in [1.165, 1.54) is 38.4 Å². The predicted octanol–water partition coefficient (Wildman–Crippen LogP) is 1.80. The number of nitrogens with zero attached hydrogens (tertiary/aromatic N) is 1. The number of guanidine groups is 1. The molecule has 8 heteroatoms. The molecule has 1 fully saturated rings. The van der Waals surface area contributed by atoms with E-state index in [4.69, 9.17) is 4.74 Å². The Bertz CT molecular complexity index is 435. The third-order valence-corrected chi connectivity index (χ3v) is 5.03. The SMILES string of the molecule is CCC1CCC(NC(=NC)NCCOCCS(C)(=O)=O)CC1.I. The maximum absolute atomic E-state index is 11.0. The molecule has 23 heavy (non-hydrogen) atoms. The maximum Gasteiger partial charge on any atom is 0.191 e. The van der Waals surface area contributed by atoms with Gasteiger partial charge in [-0.25, -0.2) is 8.42 Å². The lowest BCUT2D eigenvalue weighted by Gasteiger charge is -2.29. The van der Waals surface area contributed by atoms with Crippen molar-refractivity contribution in [2.24, 2.45) is 10.9 Å². The molecule has 0 atom stereocenters. The lowest BCUT2D eigenvalue weighted by molar-refractivity contribution is 0.154. The Morgan fingerprint density at radius 3 is 2.39 bits per heavy atom. The van der Waals surface area contributed by atoms with Crippen LogP contribution in [-0.2, 0) is 14.6 Å². The highest BCUT2D eigenvalue weighted by atomic mass is 127. The third kappa shape index (κ3) is 11.1. The van der Waals surface area contributed by atoms with Gasteiger partial charge in [-0.15, -0.1) is 24.0 Å². The molecular formula is C15H32IN3O3S. The van der Waals surface area contributed by atoms with Crippen LogP contribution in [0.1, 0.15) is 39.0 Å². The van der Waals surface area contributed by atoms with Gasteiger partial charge in [-0.3, -0.25) is 4.99 Å². The molecule has 6 nitrogen and oxygen atoms in total. The second kappa shape index (κ2) is 12.3. The van der Waals surface area contributed by atoms with Crippen LogP contribution >= 0.6 is 24.0 Å². The van der Waals surface area contributed by atoms with Crippen molar-refractivity contribution in [1.82, 2.24) is 10.6 Å². The lowest BCUT2D eigenvalue weighted by atomic mass is 9.84. The summed E-state index contributed by atoms with van der Waals surface area (Å²) in [4.78, 5) is 4.22. The zero-order chi connectivity index (χ0) is 16.4. The molecule has 1 rings (SSSR count). The molecular weight excluding hydrogens is 429 g/mol. The molecule has 0 aromatic rings. The van der Waals surface area contributed by atoms with Crippen LogP contribution < -0.4 is 10.6 Å². The molecule has 0 unspecified atom stereocenters. The average molecular weight is 461 g/mol. The van der Waals surface area contributed by atoms with Gasteiger partial charge in [0, 0.05) is 25.9 Å². The summed E-state index contributed by atoms with van der Waals surface area (Å²) in [5, 5.41) is 6.66. The van der Waals surface area contributed by atoms with Crippen LogP contribution in [0.15, 0.2) is 4.99 Å². The maximum atomic E-state index is 11.0. The minimum atomic E-state index is -2.94. The van der Waals surface area contributed by atoms with E-state index in [0.29, 0.717) is 19.2 Å². The summed E-state index contributed by atoms with van der Waals surface area (Å²) in [6.07, 6.45) is 7.48.